The Morgan fingerprint density at radius 3 is 2.50 bits per heavy atom. The van der Waals surface area contributed by atoms with Crippen molar-refractivity contribution in [2.75, 3.05) is 19.6 Å². The number of H-pyrrole nitrogens is 1. The van der Waals surface area contributed by atoms with Crippen LogP contribution in [0.25, 0.3) is 0 Å². The van der Waals surface area contributed by atoms with E-state index in [0.29, 0.717) is 17.4 Å². The van der Waals surface area contributed by atoms with Gasteiger partial charge in [-0.15, -0.1) is 0 Å². The number of nitrogens with one attached hydrogen (secondary N) is 2. The largest absolute Gasteiger partial charge is 0.441 e. The van der Waals surface area contributed by atoms with E-state index in [1.54, 1.807) is 0 Å². The van der Waals surface area contributed by atoms with Crippen molar-refractivity contribution in [3.63, 3.8) is 0 Å². The smallest absolute Gasteiger partial charge is 0.251 e. The van der Waals surface area contributed by atoms with Gasteiger partial charge < -0.3 is 19.9 Å². The molecule has 1 amide bonds. The molecule has 24 heavy (non-hydrogen) atoms. The highest BCUT2D eigenvalue weighted by atomic mass is 16.5. The Hall–Kier alpha value is -2.27. The Morgan fingerprint density at radius 2 is 1.92 bits per heavy atom. The van der Waals surface area contributed by atoms with Crippen LogP contribution in [0.3, 0.4) is 0 Å². The first-order chi connectivity index (χ1) is 11.7. The fourth-order valence-corrected chi connectivity index (χ4v) is 3.72. The van der Waals surface area contributed by atoms with Crippen molar-refractivity contribution in [2.24, 2.45) is 5.92 Å². The number of aromatic amines is 1. The molecule has 2 bridgehead atoms. The molecule has 126 valence electrons. The molecule has 1 aromatic heterocycles. The molecule has 1 unspecified atom stereocenters. The van der Waals surface area contributed by atoms with Crippen molar-refractivity contribution in [2.45, 2.75) is 25.8 Å². The highest BCUT2D eigenvalue weighted by molar-refractivity contribution is 5.94. The monoisotopic (exact) mass is 325 g/mol. The van der Waals surface area contributed by atoms with E-state index >= 15 is 0 Å². The first-order valence-electron chi connectivity index (χ1n) is 8.64. The lowest BCUT2D eigenvalue weighted by atomic mass is 9.84. The van der Waals surface area contributed by atoms with Crippen LogP contribution >= 0.6 is 0 Å². The minimum Gasteiger partial charge on any atom is -0.441 e. The van der Waals surface area contributed by atoms with Crippen molar-refractivity contribution in [3.8, 4) is 11.6 Å². The summed E-state index contributed by atoms with van der Waals surface area (Å²) in [5.41, 5.74) is 1.74. The van der Waals surface area contributed by atoms with Crippen LogP contribution in [0.1, 0.15) is 28.9 Å². The van der Waals surface area contributed by atoms with Gasteiger partial charge in [0.05, 0.1) is 0 Å². The van der Waals surface area contributed by atoms with E-state index in [0.717, 1.165) is 18.0 Å². The molecule has 3 aliphatic heterocycles. The van der Waals surface area contributed by atoms with Gasteiger partial charge in [-0.3, -0.25) is 4.79 Å². The average Bonchev–Trinajstić information content (AvgIpc) is 3.01. The molecule has 0 radical (unpaired) electrons. The molecule has 5 heteroatoms. The molecule has 5 rings (SSSR count). The fraction of sp³-hybridized carbons (Fsp3) is 0.421. The van der Waals surface area contributed by atoms with Crippen LogP contribution in [0.2, 0.25) is 0 Å². The molecule has 2 N–H and O–H groups in total. The van der Waals surface area contributed by atoms with Gasteiger partial charge in [0.2, 0.25) is 0 Å². The molecule has 1 aromatic carbocycles. The number of carbonyl (C=O) groups excluding carboxylic acids is 1. The number of aromatic nitrogens is 1. The van der Waals surface area contributed by atoms with E-state index in [4.69, 9.17) is 4.74 Å². The van der Waals surface area contributed by atoms with Gasteiger partial charge in [0.25, 0.3) is 5.91 Å². The topological polar surface area (TPSA) is 57.4 Å². The quantitative estimate of drug-likeness (QED) is 0.909. The summed E-state index contributed by atoms with van der Waals surface area (Å²) >= 11 is 0. The Kier molecular flexibility index (Phi) is 4.02. The third kappa shape index (κ3) is 3.17. The lowest BCUT2D eigenvalue weighted by Crippen LogP contribution is -2.57. The van der Waals surface area contributed by atoms with E-state index in [1.807, 2.05) is 43.3 Å². The minimum absolute atomic E-state index is 0.0102. The SMILES string of the molecule is Cc1ccc(Oc2ccc(C(=O)NC3CN4CCC3CC4)cc2)[nH]1. The standard InChI is InChI=1S/C19H23N3O2/c1-13-2-7-18(20-13)24-16-5-3-15(4-6-16)19(23)21-17-12-22-10-8-14(17)9-11-22/h2-7,14,17,20H,8-12H2,1H3,(H,21,23). The van der Waals surface area contributed by atoms with E-state index in [-0.39, 0.29) is 11.9 Å². The van der Waals surface area contributed by atoms with Crippen LogP contribution in [0, 0.1) is 12.8 Å². The molecule has 0 aliphatic carbocycles. The number of nitrogens with zero attached hydrogens (tertiary/aromatic N) is 1. The maximum atomic E-state index is 12.5. The van der Waals surface area contributed by atoms with Gasteiger partial charge >= 0.3 is 0 Å². The van der Waals surface area contributed by atoms with Crippen molar-refractivity contribution < 1.29 is 9.53 Å². The summed E-state index contributed by atoms with van der Waals surface area (Å²) in [7, 11) is 0. The van der Waals surface area contributed by atoms with Crippen molar-refractivity contribution in [1.82, 2.24) is 15.2 Å². The second-order valence-electron chi connectivity index (χ2n) is 6.85. The predicted molar refractivity (Wildman–Crippen MR) is 92.5 cm³/mol. The minimum atomic E-state index is 0.0102. The maximum Gasteiger partial charge on any atom is 0.251 e. The molecule has 2 aromatic rings. The van der Waals surface area contributed by atoms with Gasteiger partial charge in [-0.25, -0.2) is 0 Å². The number of carbonyl (C=O) groups is 1. The molecule has 3 fully saturated rings. The summed E-state index contributed by atoms with van der Waals surface area (Å²) in [4.78, 5) is 18.1. The number of ether oxygens (including phenoxy) is 1. The van der Waals surface area contributed by atoms with Gasteiger partial charge in [-0.05, 0) is 69.1 Å². The molecule has 0 saturated carbocycles. The zero-order valence-electron chi connectivity index (χ0n) is 13.9. The first kappa shape index (κ1) is 15.3. The first-order valence-corrected chi connectivity index (χ1v) is 8.64. The Bertz CT molecular complexity index is 714. The zero-order chi connectivity index (χ0) is 16.5. The fourth-order valence-electron chi connectivity index (χ4n) is 3.72. The number of rotatable bonds is 4. The van der Waals surface area contributed by atoms with E-state index in [9.17, 15) is 4.79 Å². The van der Waals surface area contributed by atoms with Crippen LogP contribution in [-0.4, -0.2) is 41.5 Å². The Morgan fingerprint density at radius 1 is 1.17 bits per heavy atom. The molecular formula is C19H23N3O2. The van der Waals surface area contributed by atoms with Crippen LogP contribution in [0.15, 0.2) is 36.4 Å². The number of fused-ring (bicyclic) bond motifs is 3. The average molecular weight is 325 g/mol. The van der Waals surface area contributed by atoms with Gasteiger partial charge in [0.1, 0.15) is 5.75 Å². The summed E-state index contributed by atoms with van der Waals surface area (Å²) in [6, 6.07) is 11.5. The number of hydrogen-bond donors (Lipinski definition) is 2. The summed E-state index contributed by atoms with van der Waals surface area (Å²) in [6.07, 6.45) is 2.40. The van der Waals surface area contributed by atoms with Gasteiger partial charge in [-0.1, -0.05) is 0 Å². The van der Waals surface area contributed by atoms with Gasteiger partial charge in [-0.2, -0.15) is 0 Å². The number of piperidine rings is 3. The number of amides is 1. The van der Waals surface area contributed by atoms with Crippen LogP contribution in [-0.2, 0) is 0 Å². The summed E-state index contributed by atoms with van der Waals surface area (Å²) in [6.45, 7) is 5.33. The second kappa shape index (κ2) is 6.32. The summed E-state index contributed by atoms with van der Waals surface area (Å²) < 4.78 is 5.73. The van der Waals surface area contributed by atoms with Gasteiger partial charge in [0, 0.05) is 29.9 Å². The Labute approximate surface area is 142 Å². The highest BCUT2D eigenvalue weighted by Gasteiger charge is 2.34. The van der Waals surface area contributed by atoms with Crippen molar-refractivity contribution in [3.05, 3.63) is 47.7 Å². The maximum absolute atomic E-state index is 12.5. The normalized spacial score (nSPS) is 25.5. The lowest BCUT2D eigenvalue weighted by molar-refractivity contribution is 0.0620. The molecule has 1 atom stereocenters. The number of aryl methyl sites for hydroxylation is 1. The third-order valence-electron chi connectivity index (χ3n) is 5.12. The van der Waals surface area contributed by atoms with E-state index in [1.165, 1.54) is 25.9 Å². The Balaban J connectivity index is 1.38. The molecule has 4 heterocycles. The molecule has 3 saturated heterocycles. The third-order valence-corrected chi connectivity index (χ3v) is 5.12. The van der Waals surface area contributed by atoms with E-state index < -0.39 is 0 Å². The molecular weight excluding hydrogens is 302 g/mol. The van der Waals surface area contributed by atoms with Crippen molar-refractivity contribution in [1.29, 1.82) is 0 Å². The van der Waals surface area contributed by atoms with Crippen LogP contribution in [0.4, 0.5) is 0 Å². The molecule has 0 spiro atoms. The lowest BCUT2D eigenvalue weighted by Gasteiger charge is -2.44. The number of benzene rings is 1. The molecule has 3 aliphatic rings. The van der Waals surface area contributed by atoms with Gasteiger partial charge in [0.15, 0.2) is 5.88 Å². The summed E-state index contributed by atoms with van der Waals surface area (Å²) in [5.74, 6) is 2.07. The van der Waals surface area contributed by atoms with Crippen LogP contribution < -0.4 is 10.1 Å². The highest BCUT2D eigenvalue weighted by Crippen LogP contribution is 2.28. The predicted octanol–water partition coefficient (Wildman–Crippen LogP) is 2.94. The van der Waals surface area contributed by atoms with Crippen molar-refractivity contribution >= 4 is 5.91 Å². The second-order valence-corrected chi connectivity index (χ2v) is 6.85. The molecule has 5 nitrogen and oxygen atoms in total. The van der Waals surface area contributed by atoms with E-state index in [2.05, 4.69) is 15.2 Å². The number of hydrogen-bond acceptors (Lipinski definition) is 3. The zero-order valence-corrected chi connectivity index (χ0v) is 13.9. The van der Waals surface area contributed by atoms with Crippen LogP contribution in [0.5, 0.6) is 11.6 Å². The summed E-state index contributed by atoms with van der Waals surface area (Å²) in [5, 5.41) is 3.21.